The fraction of sp³-hybridized carbons (Fsp3) is 0.115. The summed E-state index contributed by atoms with van der Waals surface area (Å²) in [5, 5.41) is 13.8. The number of furan rings is 1. The Morgan fingerprint density at radius 3 is 2.53 bits per heavy atom. The van der Waals surface area contributed by atoms with Gasteiger partial charge in [-0.3, -0.25) is 0 Å². The number of aromatic carboxylic acids is 1. The maximum absolute atomic E-state index is 11.6. The van der Waals surface area contributed by atoms with Crippen LogP contribution in [0.25, 0.3) is 33.3 Å². The Labute approximate surface area is 184 Å². The van der Waals surface area contributed by atoms with E-state index < -0.39 is 5.97 Å². The first-order valence-electron chi connectivity index (χ1n) is 10.3. The lowest BCUT2D eigenvalue weighted by molar-refractivity contribution is 0.0698. The second-order valence-electron chi connectivity index (χ2n) is 7.82. The van der Waals surface area contributed by atoms with Gasteiger partial charge in [0.2, 0.25) is 0 Å². The second kappa shape index (κ2) is 7.81. The van der Waals surface area contributed by atoms with Crippen molar-refractivity contribution in [1.29, 1.82) is 0 Å². The monoisotopic (exact) mass is 423 g/mol. The zero-order chi connectivity index (χ0) is 22.2. The number of hydrogen-bond donors (Lipinski definition) is 2. The average Bonchev–Trinajstić information content (AvgIpc) is 3.18. The molecule has 0 unspecified atom stereocenters. The predicted molar refractivity (Wildman–Crippen MR) is 125 cm³/mol. The smallest absolute Gasteiger partial charge is 0.337 e. The number of rotatable bonds is 5. The standard InChI is InChI=1S/C26H21N3O3/c1-15-12-19(16(2)29-21-11-7-6-10-18(21)26(30)31)24-20(13-15)23-25(32-24)22(27-14-28-23)17-8-4-3-5-9-17/h3-14,16,29H,1-2H3,(H,30,31)/t16-/m1/s1. The van der Waals surface area contributed by atoms with Crippen LogP contribution >= 0.6 is 0 Å². The predicted octanol–water partition coefficient (Wildman–Crippen LogP) is 6.22. The van der Waals surface area contributed by atoms with Gasteiger partial charge in [-0.25, -0.2) is 14.8 Å². The number of nitrogens with zero attached hydrogens (tertiary/aromatic N) is 2. The van der Waals surface area contributed by atoms with Crippen LogP contribution in [0.1, 0.15) is 34.5 Å². The quantitative estimate of drug-likeness (QED) is 0.349. The minimum absolute atomic E-state index is 0.202. The number of benzene rings is 3. The van der Waals surface area contributed by atoms with E-state index in [1.54, 1.807) is 24.5 Å². The molecule has 0 saturated carbocycles. The number of fused-ring (bicyclic) bond motifs is 3. The van der Waals surface area contributed by atoms with Crippen molar-refractivity contribution in [3.63, 3.8) is 0 Å². The molecule has 0 radical (unpaired) electrons. The minimum atomic E-state index is -0.971. The Balaban J connectivity index is 1.67. The number of hydrogen-bond acceptors (Lipinski definition) is 5. The summed E-state index contributed by atoms with van der Waals surface area (Å²) in [6.45, 7) is 4.02. The SMILES string of the molecule is Cc1cc([C@@H](C)Nc2ccccc2C(=O)O)c2oc3c(-c4ccccc4)ncnc3c2c1. The lowest BCUT2D eigenvalue weighted by Gasteiger charge is -2.18. The highest BCUT2D eigenvalue weighted by Crippen LogP contribution is 2.37. The highest BCUT2D eigenvalue weighted by molar-refractivity contribution is 6.07. The van der Waals surface area contributed by atoms with Gasteiger partial charge in [0.05, 0.1) is 11.6 Å². The molecule has 0 bridgehead atoms. The number of aromatic nitrogens is 2. The van der Waals surface area contributed by atoms with Crippen molar-refractivity contribution in [2.45, 2.75) is 19.9 Å². The van der Waals surface area contributed by atoms with Crippen molar-refractivity contribution in [2.75, 3.05) is 5.32 Å². The first-order chi connectivity index (χ1) is 15.5. The molecular formula is C26H21N3O3. The van der Waals surface area contributed by atoms with E-state index in [4.69, 9.17) is 4.42 Å². The van der Waals surface area contributed by atoms with Crippen molar-refractivity contribution in [3.8, 4) is 11.3 Å². The van der Waals surface area contributed by atoms with Gasteiger partial charge >= 0.3 is 5.97 Å². The molecule has 158 valence electrons. The summed E-state index contributed by atoms with van der Waals surface area (Å²) in [4.78, 5) is 20.6. The molecule has 2 heterocycles. The molecule has 2 N–H and O–H groups in total. The van der Waals surface area contributed by atoms with E-state index in [1.165, 1.54) is 0 Å². The van der Waals surface area contributed by atoms with Crippen molar-refractivity contribution in [1.82, 2.24) is 9.97 Å². The zero-order valence-electron chi connectivity index (χ0n) is 17.7. The lowest BCUT2D eigenvalue weighted by atomic mass is 10.0. The first-order valence-corrected chi connectivity index (χ1v) is 10.3. The number of anilines is 1. The van der Waals surface area contributed by atoms with Gasteiger partial charge in [-0.05, 0) is 37.6 Å². The number of carboxylic acids is 1. The van der Waals surface area contributed by atoms with Crippen LogP contribution in [0, 0.1) is 6.92 Å². The summed E-state index contributed by atoms with van der Waals surface area (Å²) in [6, 6.07) is 20.7. The largest absolute Gasteiger partial charge is 0.478 e. The van der Waals surface area contributed by atoms with Crippen LogP contribution in [-0.4, -0.2) is 21.0 Å². The van der Waals surface area contributed by atoms with Crippen LogP contribution < -0.4 is 5.32 Å². The van der Waals surface area contributed by atoms with E-state index in [9.17, 15) is 9.90 Å². The summed E-state index contributed by atoms with van der Waals surface area (Å²) in [5.74, 6) is -0.971. The maximum atomic E-state index is 11.6. The van der Waals surface area contributed by atoms with E-state index >= 15 is 0 Å². The molecule has 3 aromatic carbocycles. The molecule has 32 heavy (non-hydrogen) atoms. The Morgan fingerprint density at radius 1 is 1.00 bits per heavy atom. The van der Waals surface area contributed by atoms with Crippen LogP contribution in [-0.2, 0) is 0 Å². The molecule has 0 saturated heterocycles. The lowest BCUT2D eigenvalue weighted by Crippen LogP contribution is -2.11. The normalized spacial score (nSPS) is 12.2. The van der Waals surface area contributed by atoms with Crippen molar-refractivity contribution in [2.24, 2.45) is 0 Å². The zero-order valence-corrected chi connectivity index (χ0v) is 17.7. The molecule has 2 aromatic heterocycles. The molecule has 0 fully saturated rings. The van der Waals surface area contributed by atoms with Crippen molar-refractivity contribution in [3.05, 3.63) is 89.7 Å². The molecule has 5 aromatic rings. The molecule has 5 rings (SSSR count). The molecule has 6 heteroatoms. The molecule has 1 atom stereocenters. The highest BCUT2D eigenvalue weighted by atomic mass is 16.4. The van der Waals surface area contributed by atoms with Crippen LogP contribution in [0.5, 0.6) is 0 Å². The third kappa shape index (κ3) is 3.36. The molecule has 0 spiro atoms. The Morgan fingerprint density at radius 2 is 1.75 bits per heavy atom. The van der Waals surface area contributed by atoms with E-state index in [2.05, 4.69) is 27.4 Å². The molecule has 0 amide bonds. The van der Waals surface area contributed by atoms with Crippen molar-refractivity contribution < 1.29 is 14.3 Å². The number of para-hydroxylation sites is 1. The van der Waals surface area contributed by atoms with Crippen molar-refractivity contribution >= 4 is 33.7 Å². The summed E-state index contributed by atoms with van der Waals surface area (Å²) in [7, 11) is 0. The van der Waals surface area contributed by atoms with Gasteiger partial charge in [0, 0.05) is 22.2 Å². The van der Waals surface area contributed by atoms with Crippen LogP contribution in [0.15, 0.2) is 77.5 Å². The van der Waals surface area contributed by atoms with E-state index in [0.717, 1.165) is 38.9 Å². The van der Waals surface area contributed by atoms with Gasteiger partial charge in [0.1, 0.15) is 23.1 Å². The van der Waals surface area contributed by atoms with E-state index in [1.807, 2.05) is 50.2 Å². The fourth-order valence-electron chi connectivity index (χ4n) is 4.09. The maximum Gasteiger partial charge on any atom is 0.337 e. The van der Waals surface area contributed by atoms with Gasteiger partial charge in [-0.15, -0.1) is 0 Å². The van der Waals surface area contributed by atoms with Gasteiger partial charge in [-0.2, -0.15) is 0 Å². The fourth-order valence-corrected chi connectivity index (χ4v) is 4.09. The summed E-state index contributed by atoms with van der Waals surface area (Å²) >= 11 is 0. The van der Waals surface area contributed by atoms with Gasteiger partial charge in [-0.1, -0.05) is 48.5 Å². The van der Waals surface area contributed by atoms with Crippen LogP contribution in [0.2, 0.25) is 0 Å². The Kier molecular flexibility index (Phi) is 4.82. The summed E-state index contributed by atoms with van der Waals surface area (Å²) in [5.41, 5.74) is 6.60. The molecular weight excluding hydrogens is 402 g/mol. The Hall–Kier alpha value is -4.19. The Bertz CT molecular complexity index is 1460. The van der Waals surface area contributed by atoms with Gasteiger partial charge < -0.3 is 14.8 Å². The third-order valence-electron chi connectivity index (χ3n) is 5.57. The van der Waals surface area contributed by atoms with Gasteiger partial charge in [0.15, 0.2) is 5.58 Å². The number of carbonyl (C=O) groups is 1. The van der Waals surface area contributed by atoms with E-state index in [0.29, 0.717) is 11.3 Å². The van der Waals surface area contributed by atoms with E-state index in [-0.39, 0.29) is 11.6 Å². The number of aryl methyl sites for hydroxylation is 1. The summed E-state index contributed by atoms with van der Waals surface area (Å²) in [6.07, 6.45) is 1.56. The molecule has 6 nitrogen and oxygen atoms in total. The summed E-state index contributed by atoms with van der Waals surface area (Å²) < 4.78 is 6.38. The molecule has 0 aliphatic carbocycles. The highest BCUT2D eigenvalue weighted by Gasteiger charge is 2.21. The number of carboxylic acid groups (broad SMARTS) is 1. The molecule has 0 aliphatic heterocycles. The molecule has 0 aliphatic rings. The first kappa shape index (κ1) is 19.8. The number of nitrogens with one attached hydrogen (secondary N) is 1. The van der Waals surface area contributed by atoms with Crippen LogP contribution in [0.4, 0.5) is 5.69 Å². The minimum Gasteiger partial charge on any atom is -0.478 e. The second-order valence-corrected chi connectivity index (χ2v) is 7.82. The topological polar surface area (TPSA) is 88.2 Å². The van der Waals surface area contributed by atoms with Crippen LogP contribution in [0.3, 0.4) is 0 Å². The van der Waals surface area contributed by atoms with Gasteiger partial charge in [0.25, 0.3) is 0 Å². The average molecular weight is 423 g/mol. The third-order valence-corrected chi connectivity index (χ3v) is 5.57.